The number of aromatic nitrogens is 3. The van der Waals surface area contributed by atoms with Gasteiger partial charge in [0.25, 0.3) is 5.91 Å². The van der Waals surface area contributed by atoms with Crippen molar-refractivity contribution < 1.29 is 4.79 Å². The van der Waals surface area contributed by atoms with Crippen molar-refractivity contribution in [3.8, 4) is 11.4 Å². The van der Waals surface area contributed by atoms with E-state index in [-0.39, 0.29) is 11.9 Å². The molecule has 0 bridgehead atoms. The molecular weight excluding hydrogens is 312 g/mol. The van der Waals surface area contributed by atoms with Crippen LogP contribution in [-0.2, 0) is 0 Å². The highest BCUT2D eigenvalue weighted by molar-refractivity contribution is 5.94. The van der Waals surface area contributed by atoms with Gasteiger partial charge in [-0.05, 0) is 31.9 Å². The lowest BCUT2D eigenvalue weighted by molar-refractivity contribution is 0.0727. The molecule has 3 heterocycles. The SMILES string of the molecule is Cc1[nH]c(-c2ccccc2)nc1C(=O)N1CCC[C@H]1c1ccccn1. The first-order valence-corrected chi connectivity index (χ1v) is 8.58. The number of nitrogens with one attached hydrogen (secondary N) is 1. The Labute approximate surface area is 146 Å². The molecule has 2 aromatic heterocycles. The number of rotatable bonds is 3. The van der Waals surface area contributed by atoms with Crippen LogP contribution in [0.5, 0.6) is 0 Å². The second-order valence-electron chi connectivity index (χ2n) is 6.34. The van der Waals surface area contributed by atoms with Gasteiger partial charge in [-0.1, -0.05) is 36.4 Å². The molecule has 25 heavy (non-hydrogen) atoms. The Hall–Kier alpha value is -2.95. The molecule has 1 saturated heterocycles. The van der Waals surface area contributed by atoms with Crippen LogP contribution < -0.4 is 0 Å². The zero-order valence-electron chi connectivity index (χ0n) is 14.1. The van der Waals surface area contributed by atoms with E-state index in [1.165, 1.54) is 0 Å². The van der Waals surface area contributed by atoms with E-state index < -0.39 is 0 Å². The summed E-state index contributed by atoms with van der Waals surface area (Å²) in [5.74, 6) is 0.708. The van der Waals surface area contributed by atoms with Crippen LogP contribution in [0.2, 0.25) is 0 Å². The number of aromatic amines is 1. The second-order valence-corrected chi connectivity index (χ2v) is 6.34. The molecule has 1 atom stereocenters. The zero-order chi connectivity index (χ0) is 17.2. The smallest absolute Gasteiger partial charge is 0.274 e. The lowest BCUT2D eigenvalue weighted by Gasteiger charge is -2.23. The van der Waals surface area contributed by atoms with Crippen LogP contribution in [0.25, 0.3) is 11.4 Å². The van der Waals surface area contributed by atoms with Crippen molar-refractivity contribution in [2.75, 3.05) is 6.54 Å². The summed E-state index contributed by atoms with van der Waals surface area (Å²) in [6.07, 6.45) is 3.71. The molecule has 4 rings (SSSR count). The van der Waals surface area contributed by atoms with Crippen molar-refractivity contribution in [3.63, 3.8) is 0 Å². The first kappa shape index (κ1) is 15.6. The molecule has 0 unspecified atom stereocenters. The number of benzene rings is 1. The summed E-state index contributed by atoms with van der Waals surface area (Å²) < 4.78 is 0. The molecule has 3 aromatic rings. The van der Waals surface area contributed by atoms with Crippen LogP contribution in [0.4, 0.5) is 0 Å². The topological polar surface area (TPSA) is 61.9 Å². The molecule has 0 saturated carbocycles. The summed E-state index contributed by atoms with van der Waals surface area (Å²) in [6, 6.07) is 15.8. The minimum absolute atomic E-state index is 0.0240. The standard InChI is InChI=1S/C20H20N4O/c1-14-18(23-19(22-14)15-8-3-2-4-9-15)20(25)24-13-7-11-17(24)16-10-5-6-12-21-16/h2-6,8-10,12,17H,7,11,13H2,1H3,(H,22,23)/t17-/m0/s1. The van der Waals surface area contributed by atoms with Gasteiger partial charge in [-0.3, -0.25) is 9.78 Å². The van der Waals surface area contributed by atoms with Gasteiger partial charge in [0.15, 0.2) is 0 Å². The molecule has 1 amide bonds. The highest BCUT2D eigenvalue weighted by atomic mass is 16.2. The molecule has 5 nitrogen and oxygen atoms in total. The maximum atomic E-state index is 13.1. The van der Waals surface area contributed by atoms with Crippen molar-refractivity contribution in [2.24, 2.45) is 0 Å². The minimum Gasteiger partial charge on any atom is -0.341 e. The van der Waals surface area contributed by atoms with Gasteiger partial charge in [0.2, 0.25) is 0 Å². The fourth-order valence-electron chi connectivity index (χ4n) is 3.43. The third kappa shape index (κ3) is 2.93. The number of nitrogens with zero attached hydrogens (tertiary/aromatic N) is 3. The van der Waals surface area contributed by atoms with Gasteiger partial charge in [0.05, 0.1) is 11.7 Å². The summed E-state index contributed by atoms with van der Waals surface area (Å²) in [5, 5.41) is 0. The first-order valence-electron chi connectivity index (χ1n) is 8.58. The Balaban J connectivity index is 1.64. The number of imidazole rings is 1. The van der Waals surface area contributed by atoms with Gasteiger partial charge < -0.3 is 9.88 Å². The van der Waals surface area contributed by atoms with E-state index in [1.54, 1.807) is 6.20 Å². The van der Waals surface area contributed by atoms with Crippen molar-refractivity contribution >= 4 is 5.91 Å². The number of H-pyrrole nitrogens is 1. The summed E-state index contributed by atoms with van der Waals surface area (Å²) in [4.78, 5) is 27.3. The van der Waals surface area contributed by atoms with Gasteiger partial charge in [-0.15, -0.1) is 0 Å². The van der Waals surface area contributed by atoms with Crippen molar-refractivity contribution in [3.05, 3.63) is 71.8 Å². The van der Waals surface area contributed by atoms with Crippen LogP contribution >= 0.6 is 0 Å². The maximum absolute atomic E-state index is 13.1. The molecule has 0 aliphatic carbocycles. The van der Waals surface area contributed by atoms with E-state index in [0.717, 1.165) is 42.2 Å². The predicted molar refractivity (Wildman–Crippen MR) is 96.0 cm³/mol. The molecule has 1 fully saturated rings. The van der Waals surface area contributed by atoms with Gasteiger partial charge in [0, 0.05) is 24.0 Å². The minimum atomic E-state index is -0.0240. The molecule has 0 spiro atoms. The number of carbonyl (C=O) groups excluding carboxylic acids is 1. The van der Waals surface area contributed by atoms with Gasteiger partial charge in [-0.25, -0.2) is 4.98 Å². The summed E-state index contributed by atoms with van der Waals surface area (Å²) in [5.41, 5.74) is 3.23. The van der Waals surface area contributed by atoms with Crippen molar-refractivity contribution in [2.45, 2.75) is 25.8 Å². The van der Waals surface area contributed by atoms with Crippen molar-refractivity contribution in [1.29, 1.82) is 0 Å². The lowest BCUT2D eigenvalue weighted by Crippen LogP contribution is -2.31. The molecule has 1 aliphatic rings. The molecule has 1 aliphatic heterocycles. The molecule has 1 aromatic carbocycles. The normalized spacial score (nSPS) is 17.0. The van der Waals surface area contributed by atoms with Crippen LogP contribution in [0.1, 0.15) is 40.8 Å². The second kappa shape index (κ2) is 6.51. The van der Waals surface area contributed by atoms with E-state index in [2.05, 4.69) is 15.0 Å². The largest absolute Gasteiger partial charge is 0.341 e. The van der Waals surface area contributed by atoms with E-state index in [1.807, 2.05) is 60.4 Å². The van der Waals surface area contributed by atoms with E-state index >= 15 is 0 Å². The first-order chi connectivity index (χ1) is 12.2. The fourth-order valence-corrected chi connectivity index (χ4v) is 3.43. The molecule has 126 valence electrons. The third-order valence-corrected chi connectivity index (χ3v) is 4.68. The molecular formula is C20H20N4O. The number of pyridine rings is 1. The number of aryl methyl sites for hydroxylation is 1. The maximum Gasteiger partial charge on any atom is 0.274 e. The Bertz CT molecular complexity index is 873. The fraction of sp³-hybridized carbons (Fsp3) is 0.250. The average Bonchev–Trinajstić information content (AvgIpc) is 3.30. The number of hydrogen-bond donors (Lipinski definition) is 1. The monoisotopic (exact) mass is 332 g/mol. The molecule has 5 heteroatoms. The van der Waals surface area contributed by atoms with E-state index in [9.17, 15) is 4.79 Å². The summed E-state index contributed by atoms with van der Waals surface area (Å²) >= 11 is 0. The van der Waals surface area contributed by atoms with Crippen molar-refractivity contribution in [1.82, 2.24) is 19.9 Å². The number of hydrogen-bond acceptors (Lipinski definition) is 3. The van der Waals surface area contributed by atoms with E-state index in [4.69, 9.17) is 0 Å². The van der Waals surface area contributed by atoms with Crippen LogP contribution in [0, 0.1) is 6.92 Å². The van der Waals surface area contributed by atoms with Crippen LogP contribution in [0.3, 0.4) is 0 Å². The third-order valence-electron chi connectivity index (χ3n) is 4.68. The number of amides is 1. The van der Waals surface area contributed by atoms with E-state index in [0.29, 0.717) is 5.69 Å². The van der Waals surface area contributed by atoms with Gasteiger partial charge >= 0.3 is 0 Å². The highest BCUT2D eigenvalue weighted by Gasteiger charge is 2.33. The van der Waals surface area contributed by atoms with Gasteiger partial charge in [-0.2, -0.15) is 0 Å². The zero-order valence-corrected chi connectivity index (χ0v) is 14.1. The predicted octanol–water partition coefficient (Wildman–Crippen LogP) is 3.76. The summed E-state index contributed by atoms with van der Waals surface area (Å²) in [7, 11) is 0. The highest BCUT2D eigenvalue weighted by Crippen LogP contribution is 2.32. The van der Waals surface area contributed by atoms with Crippen LogP contribution in [-0.4, -0.2) is 32.3 Å². The van der Waals surface area contributed by atoms with Gasteiger partial charge in [0.1, 0.15) is 11.5 Å². The lowest BCUT2D eigenvalue weighted by atomic mass is 10.1. The quantitative estimate of drug-likeness (QED) is 0.794. The summed E-state index contributed by atoms with van der Waals surface area (Å²) in [6.45, 7) is 2.64. The van der Waals surface area contributed by atoms with Crippen LogP contribution in [0.15, 0.2) is 54.7 Å². The Kier molecular flexibility index (Phi) is 4.06. The molecule has 0 radical (unpaired) electrons. The molecule has 1 N–H and O–H groups in total. The number of carbonyl (C=O) groups is 1. The number of likely N-dealkylation sites (tertiary alicyclic amines) is 1. The Morgan fingerprint density at radius 1 is 1.16 bits per heavy atom. The Morgan fingerprint density at radius 2 is 1.96 bits per heavy atom. The Morgan fingerprint density at radius 3 is 2.72 bits per heavy atom. The average molecular weight is 332 g/mol.